The summed E-state index contributed by atoms with van der Waals surface area (Å²) in [5, 5.41) is 10.1. The zero-order chi connectivity index (χ0) is 16.0. The molecule has 1 fully saturated rings. The lowest BCUT2D eigenvalue weighted by Gasteiger charge is -2.29. The number of benzene rings is 2. The van der Waals surface area contributed by atoms with Crippen molar-refractivity contribution in [1.82, 2.24) is 0 Å². The molecule has 4 rings (SSSR count). The van der Waals surface area contributed by atoms with E-state index in [1.165, 1.54) is 0 Å². The maximum atomic E-state index is 10.1. The molecule has 1 unspecified atom stereocenters. The molecule has 0 bridgehead atoms. The van der Waals surface area contributed by atoms with Crippen LogP contribution in [0.15, 0.2) is 36.4 Å². The first-order chi connectivity index (χ1) is 11.2. The number of methoxy groups -OCH3 is 2. The van der Waals surface area contributed by atoms with Gasteiger partial charge in [0.1, 0.15) is 17.1 Å². The lowest BCUT2D eigenvalue weighted by atomic mass is 9.82. The molecule has 4 nitrogen and oxygen atoms in total. The van der Waals surface area contributed by atoms with Crippen LogP contribution in [0.25, 0.3) is 0 Å². The first kappa shape index (κ1) is 14.2. The molecule has 1 aliphatic carbocycles. The van der Waals surface area contributed by atoms with E-state index in [2.05, 4.69) is 12.1 Å². The molecule has 120 valence electrons. The maximum absolute atomic E-state index is 10.1. The average molecular weight is 312 g/mol. The third kappa shape index (κ3) is 1.97. The van der Waals surface area contributed by atoms with Crippen LogP contribution >= 0.6 is 0 Å². The van der Waals surface area contributed by atoms with Crippen LogP contribution in [-0.2, 0) is 5.60 Å². The highest BCUT2D eigenvalue weighted by atomic mass is 16.5. The van der Waals surface area contributed by atoms with Crippen molar-refractivity contribution in [3.63, 3.8) is 0 Å². The Balaban J connectivity index is 1.79. The fourth-order valence-corrected chi connectivity index (χ4v) is 4.07. The molecule has 2 aromatic carbocycles. The van der Waals surface area contributed by atoms with E-state index >= 15 is 0 Å². The smallest absolute Gasteiger partial charge is 0.164 e. The zero-order valence-electron chi connectivity index (χ0n) is 13.3. The van der Waals surface area contributed by atoms with Gasteiger partial charge in [-0.3, -0.25) is 0 Å². The van der Waals surface area contributed by atoms with Crippen LogP contribution in [0.4, 0.5) is 0 Å². The van der Waals surface area contributed by atoms with E-state index in [9.17, 15) is 5.11 Å². The van der Waals surface area contributed by atoms with Crippen LogP contribution in [-0.4, -0.2) is 19.3 Å². The van der Waals surface area contributed by atoms with E-state index in [4.69, 9.17) is 14.2 Å². The van der Waals surface area contributed by atoms with Crippen LogP contribution in [0.2, 0.25) is 0 Å². The summed E-state index contributed by atoms with van der Waals surface area (Å²) in [6, 6.07) is 11.7. The number of phenols is 1. The molecule has 0 spiro atoms. The molecule has 4 heteroatoms. The molecule has 0 aromatic heterocycles. The van der Waals surface area contributed by atoms with E-state index in [0.717, 1.165) is 41.9 Å². The Morgan fingerprint density at radius 2 is 1.91 bits per heavy atom. The fourth-order valence-electron chi connectivity index (χ4n) is 4.07. The Kier molecular flexibility index (Phi) is 3.15. The van der Waals surface area contributed by atoms with Gasteiger partial charge in [0.25, 0.3) is 0 Å². The van der Waals surface area contributed by atoms with Crippen molar-refractivity contribution in [2.24, 2.45) is 0 Å². The summed E-state index contributed by atoms with van der Waals surface area (Å²) >= 11 is 0. The Hall–Kier alpha value is -2.36. The van der Waals surface area contributed by atoms with Crippen LogP contribution in [0, 0.1) is 0 Å². The summed E-state index contributed by atoms with van der Waals surface area (Å²) in [6.07, 6.45) is 3.15. The number of ether oxygens (including phenoxy) is 3. The molecule has 0 amide bonds. The monoisotopic (exact) mass is 312 g/mol. The van der Waals surface area contributed by atoms with Gasteiger partial charge in [-0.2, -0.15) is 0 Å². The van der Waals surface area contributed by atoms with Crippen molar-refractivity contribution in [2.45, 2.75) is 30.8 Å². The molecule has 1 N–H and O–H groups in total. The normalized spacial score (nSPS) is 24.7. The predicted molar refractivity (Wildman–Crippen MR) is 86.6 cm³/mol. The minimum atomic E-state index is -0.340. The quantitative estimate of drug-likeness (QED) is 0.932. The number of hydrogen-bond acceptors (Lipinski definition) is 4. The standard InChI is InChI=1S/C19H20O4/c1-21-13-7-5-12(6-8-13)19-9-3-4-15(19)14-10-16(20)18(22-2)11-17(14)23-19/h5-8,10-11,15,20H,3-4,9H2,1-2H3/t15?,19-/m0/s1. The minimum Gasteiger partial charge on any atom is -0.504 e. The van der Waals surface area contributed by atoms with Crippen molar-refractivity contribution >= 4 is 0 Å². The number of aromatic hydroxyl groups is 1. The highest BCUT2D eigenvalue weighted by molar-refractivity contribution is 5.56. The summed E-state index contributed by atoms with van der Waals surface area (Å²) in [5.41, 5.74) is 1.90. The molecule has 1 saturated carbocycles. The molecule has 2 aliphatic rings. The highest BCUT2D eigenvalue weighted by Gasteiger charge is 2.53. The second kappa shape index (κ2) is 5.08. The van der Waals surface area contributed by atoms with Gasteiger partial charge in [0.05, 0.1) is 14.2 Å². The molecule has 2 atom stereocenters. The van der Waals surface area contributed by atoms with Crippen LogP contribution < -0.4 is 14.2 Å². The van der Waals surface area contributed by atoms with Gasteiger partial charge in [0.15, 0.2) is 11.5 Å². The Bertz CT molecular complexity index is 738. The minimum absolute atomic E-state index is 0.173. The van der Waals surface area contributed by atoms with E-state index in [-0.39, 0.29) is 17.3 Å². The lowest BCUT2D eigenvalue weighted by Crippen LogP contribution is -2.30. The van der Waals surface area contributed by atoms with Crippen molar-refractivity contribution < 1.29 is 19.3 Å². The second-order valence-corrected chi connectivity index (χ2v) is 6.23. The highest BCUT2D eigenvalue weighted by Crippen LogP contribution is 2.60. The van der Waals surface area contributed by atoms with Gasteiger partial charge in [-0.25, -0.2) is 0 Å². The van der Waals surface area contributed by atoms with Gasteiger partial charge >= 0.3 is 0 Å². The van der Waals surface area contributed by atoms with Crippen molar-refractivity contribution in [3.05, 3.63) is 47.5 Å². The van der Waals surface area contributed by atoms with Crippen molar-refractivity contribution in [1.29, 1.82) is 0 Å². The number of phenolic OH excluding ortho intramolecular Hbond substituents is 1. The van der Waals surface area contributed by atoms with E-state index in [1.54, 1.807) is 26.4 Å². The van der Waals surface area contributed by atoms with Gasteiger partial charge in [-0.1, -0.05) is 12.1 Å². The molecular formula is C19H20O4. The number of fused-ring (bicyclic) bond motifs is 3. The third-order valence-electron chi connectivity index (χ3n) is 5.16. The second-order valence-electron chi connectivity index (χ2n) is 6.23. The van der Waals surface area contributed by atoms with Crippen molar-refractivity contribution in [2.75, 3.05) is 14.2 Å². The van der Waals surface area contributed by atoms with Gasteiger partial charge in [-0.05, 0) is 43.0 Å². The van der Waals surface area contributed by atoms with Crippen LogP contribution in [0.1, 0.15) is 36.3 Å². The molecular weight excluding hydrogens is 292 g/mol. The summed E-state index contributed by atoms with van der Waals surface area (Å²) in [5.74, 6) is 2.55. The number of hydrogen-bond donors (Lipinski definition) is 1. The SMILES string of the molecule is COc1ccc([C@@]23CCCC2c2cc(O)c(OC)cc2O3)cc1. The average Bonchev–Trinajstić information content (AvgIpc) is 3.12. The molecule has 23 heavy (non-hydrogen) atoms. The van der Waals surface area contributed by atoms with E-state index in [1.807, 2.05) is 12.1 Å². The van der Waals surface area contributed by atoms with E-state index < -0.39 is 0 Å². The zero-order valence-corrected chi connectivity index (χ0v) is 13.3. The van der Waals surface area contributed by atoms with Gasteiger partial charge in [0.2, 0.25) is 0 Å². The van der Waals surface area contributed by atoms with Crippen LogP contribution in [0.3, 0.4) is 0 Å². The lowest BCUT2D eigenvalue weighted by molar-refractivity contribution is 0.0838. The molecule has 2 aromatic rings. The van der Waals surface area contributed by atoms with Gasteiger partial charge < -0.3 is 19.3 Å². The van der Waals surface area contributed by atoms with Gasteiger partial charge in [0, 0.05) is 17.5 Å². The van der Waals surface area contributed by atoms with Gasteiger partial charge in [-0.15, -0.1) is 0 Å². The Morgan fingerprint density at radius 1 is 1.13 bits per heavy atom. The summed E-state index contributed by atoms with van der Waals surface area (Å²) in [4.78, 5) is 0. The number of rotatable bonds is 3. The first-order valence-electron chi connectivity index (χ1n) is 7.92. The summed E-state index contributed by atoms with van der Waals surface area (Å²) < 4.78 is 16.9. The Morgan fingerprint density at radius 3 is 2.61 bits per heavy atom. The summed E-state index contributed by atoms with van der Waals surface area (Å²) in [6.45, 7) is 0. The van der Waals surface area contributed by atoms with Crippen LogP contribution in [0.5, 0.6) is 23.0 Å². The molecule has 0 radical (unpaired) electrons. The fraction of sp³-hybridized carbons (Fsp3) is 0.368. The topological polar surface area (TPSA) is 47.9 Å². The third-order valence-corrected chi connectivity index (χ3v) is 5.16. The molecule has 0 saturated heterocycles. The summed E-state index contributed by atoms with van der Waals surface area (Å²) in [7, 11) is 3.22. The van der Waals surface area contributed by atoms with E-state index in [0.29, 0.717) is 5.75 Å². The molecule has 1 aliphatic heterocycles. The predicted octanol–water partition coefficient (Wildman–Crippen LogP) is 3.96. The Labute approximate surface area is 135 Å². The molecule has 1 heterocycles. The maximum Gasteiger partial charge on any atom is 0.164 e. The van der Waals surface area contributed by atoms with Crippen molar-refractivity contribution in [3.8, 4) is 23.0 Å². The largest absolute Gasteiger partial charge is 0.504 e. The first-order valence-corrected chi connectivity index (χ1v) is 7.92.